The van der Waals surface area contributed by atoms with Crippen LogP contribution >= 0.6 is 11.6 Å². The van der Waals surface area contributed by atoms with Crippen molar-refractivity contribution >= 4 is 21.6 Å². The predicted molar refractivity (Wildman–Crippen MR) is 87.9 cm³/mol. The summed E-state index contributed by atoms with van der Waals surface area (Å²) < 4.78 is 34.7. The molecule has 130 valence electrons. The van der Waals surface area contributed by atoms with Gasteiger partial charge in [0, 0.05) is 24.0 Å². The van der Waals surface area contributed by atoms with E-state index in [4.69, 9.17) is 16.3 Å². The number of ether oxygens (including phenoxy) is 1. The molecule has 0 saturated heterocycles. The van der Waals surface area contributed by atoms with Gasteiger partial charge in [0.05, 0.1) is 7.11 Å². The minimum absolute atomic E-state index is 0.00247. The highest BCUT2D eigenvalue weighted by Gasteiger charge is 2.26. The fourth-order valence-electron chi connectivity index (χ4n) is 2.77. The summed E-state index contributed by atoms with van der Waals surface area (Å²) in [5, 5.41) is 6.67. The van der Waals surface area contributed by atoms with E-state index in [1.54, 1.807) is 6.07 Å². The summed E-state index contributed by atoms with van der Waals surface area (Å²) >= 11 is 5.91. The number of fused-ring (bicyclic) bond motifs is 1. The largest absolute Gasteiger partial charge is 0.495 e. The lowest BCUT2D eigenvalue weighted by Crippen LogP contribution is -2.35. The molecule has 0 fully saturated rings. The Labute approximate surface area is 143 Å². The van der Waals surface area contributed by atoms with Crippen LogP contribution in [0, 0.1) is 0 Å². The molecule has 0 aliphatic carbocycles. The number of hydrogen-bond acceptors (Lipinski definition) is 5. The van der Waals surface area contributed by atoms with Gasteiger partial charge in [0.1, 0.15) is 16.5 Å². The Morgan fingerprint density at radius 1 is 1.42 bits per heavy atom. The Morgan fingerprint density at radius 2 is 2.21 bits per heavy atom. The van der Waals surface area contributed by atoms with Crippen molar-refractivity contribution < 1.29 is 13.2 Å². The Hall–Kier alpha value is -1.84. The van der Waals surface area contributed by atoms with E-state index in [9.17, 15) is 13.2 Å². The van der Waals surface area contributed by atoms with E-state index in [1.807, 2.05) is 0 Å². The zero-order valence-corrected chi connectivity index (χ0v) is 14.5. The predicted octanol–water partition coefficient (Wildman–Crippen LogP) is 0.917. The first-order valence-electron chi connectivity index (χ1n) is 7.40. The molecule has 1 aromatic heterocycles. The zero-order valence-electron chi connectivity index (χ0n) is 13.0. The van der Waals surface area contributed by atoms with Crippen LogP contribution in [0.15, 0.2) is 27.9 Å². The summed E-state index contributed by atoms with van der Waals surface area (Å²) in [5.41, 5.74) is -0.273. The van der Waals surface area contributed by atoms with E-state index >= 15 is 0 Å². The molecule has 1 aromatic carbocycles. The standard InChI is InChI=1S/C14H17ClN4O4S/c1-23-11-4-2-9(15)8-12(11)24(21,22)18-10-3-5-13-16-17-14(20)19(13)7-6-10/h2,4,8,10,18H,3,5-7H2,1H3,(H,17,20). The molecular formula is C14H17ClN4O4S. The molecule has 24 heavy (non-hydrogen) atoms. The Morgan fingerprint density at radius 3 is 2.96 bits per heavy atom. The van der Waals surface area contributed by atoms with E-state index in [-0.39, 0.29) is 22.4 Å². The molecule has 8 nitrogen and oxygen atoms in total. The van der Waals surface area contributed by atoms with Gasteiger partial charge in [0.25, 0.3) is 0 Å². The number of aryl methyl sites for hydroxylation is 1. The molecule has 0 saturated carbocycles. The minimum Gasteiger partial charge on any atom is -0.495 e. The maximum Gasteiger partial charge on any atom is 0.343 e. The highest BCUT2D eigenvalue weighted by Crippen LogP contribution is 2.27. The van der Waals surface area contributed by atoms with E-state index < -0.39 is 10.0 Å². The van der Waals surface area contributed by atoms with Gasteiger partial charge >= 0.3 is 5.69 Å². The number of nitrogens with zero attached hydrogens (tertiary/aromatic N) is 2. The van der Waals surface area contributed by atoms with Gasteiger partial charge in [-0.1, -0.05) is 11.6 Å². The van der Waals surface area contributed by atoms with E-state index in [2.05, 4.69) is 14.9 Å². The second-order valence-corrected chi connectivity index (χ2v) is 7.66. The topological polar surface area (TPSA) is 106 Å². The Kier molecular flexibility index (Phi) is 4.66. The lowest BCUT2D eigenvalue weighted by atomic mass is 10.1. The van der Waals surface area contributed by atoms with Crippen molar-refractivity contribution in [3.63, 3.8) is 0 Å². The molecule has 2 N–H and O–H groups in total. The van der Waals surface area contributed by atoms with Gasteiger partial charge in [0.2, 0.25) is 10.0 Å². The maximum absolute atomic E-state index is 12.7. The van der Waals surface area contributed by atoms with Crippen LogP contribution in [-0.2, 0) is 23.0 Å². The second-order valence-electron chi connectivity index (χ2n) is 5.54. The third-order valence-electron chi connectivity index (χ3n) is 3.99. The second kappa shape index (κ2) is 6.58. The monoisotopic (exact) mass is 372 g/mol. The van der Waals surface area contributed by atoms with Gasteiger partial charge in [-0.15, -0.1) is 0 Å². The number of methoxy groups -OCH3 is 1. The lowest BCUT2D eigenvalue weighted by molar-refractivity contribution is 0.401. The highest BCUT2D eigenvalue weighted by molar-refractivity contribution is 7.89. The summed E-state index contributed by atoms with van der Waals surface area (Å²) in [6, 6.07) is 4.13. The quantitative estimate of drug-likeness (QED) is 0.830. The van der Waals surface area contributed by atoms with Gasteiger partial charge in [-0.3, -0.25) is 4.57 Å². The number of H-pyrrole nitrogens is 1. The normalized spacial score (nSPS) is 18.0. The number of aromatic nitrogens is 3. The van der Waals surface area contributed by atoms with Crippen LogP contribution in [0.3, 0.4) is 0 Å². The number of aromatic amines is 1. The molecule has 0 bridgehead atoms. The van der Waals surface area contributed by atoms with Gasteiger partial charge in [-0.2, -0.15) is 5.10 Å². The molecule has 2 heterocycles. The summed E-state index contributed by atoms with van der Waals surface area (Å²) in [7, 11) is -2.40. The number of benzene rings is 1. The number of nitrogens with one attached hydrogen (secondary N) is 2. The SMILES string of the molecule is COc1ccc(Cl)cc1S(=O)(=O)NC1CCc2n[nH]c(=O)n2CC1. The molecule has 2 aromatic rings. The Balaban J connectivity index is 1.81. The number of sulfonamides is 1. The Bertz CT molecular complexity index is 906. The van der Waals surface area contributed by atoms with Gasteiger partial charge in [0.15, 0.2) is 0 Å². The fraction of sp³-hybridized carbons (Fsp3) is 0.429. The number of halogens is 1. The lowest BCUT2D eigenvalue weighted by Gasteiger charge is -2.17. The molecule has 1 atom stereocenters. The minimum atomic E-state index is -3.80. The van der Waals surface area contributed by atoms with Gasteiger partial charge in [-0.05, 0) is 31.0 Å². The van der Waals surface area contributed by atoms with Gasteiger partial charge < -0.3 is 4.74 Å². The summed E-state index contributed by atoms with van der Waals surface area (Å²) in [4.78, 5) is 11.6. The van der Waals surface area contributed by atoms with Gasteiger partial charge in [-0.25, -0.2) is 23.0 Å². The third-order valence-corrected chi connectivity index (χ3v) is 5.77. The van der Waals surface area contributed by atoms with E-state index in [0.717, 1.165) is 0 Å². The third kappa shape index (κ3) is 3.33. The summed E-state index contributed by atoms with van der Waals surface area (Å²) in [5.74, 6) is 0.868. The van der Waals surface area contributed by atoms with Crippen LogP contribution in [0.5, 0.6) is 5.75 Å². The summed E-state index contributed by atoms with van der Waals surface area (Å²) in [6.45, 7) is 0.407. The molecule has 0 spiro atoms. The average molecular weight is 373 g/mol. The molecule has 1 unspecified atom stereocenters. The molecule has 1 aliphatic heterocycles. The van der Waals surface area contributed by atoms with Crippen molar-refractivity contribution in [1.82, 2.24) is 19.5 Å². The van der Waals surface area contributed by atoms with Crippen molar-refractivity contribution in [3.05, 3.63) is 39.5 Å². The van der Waals surface area contributed by atoms with Crippen molar-refractivity contribution in [1.29, 1.82) is 0 Å². The first-order valence-corrected chi connectivity index (χ1v) is 9.27. The van der Waals surface area contributed by atoms with Crippen molar-refractivity contribution in [3.8, 4) is 5.75 Å². The van der Waals surface area contributed by atoms with E-state index in [0.29, 0.717) is 36.7 Å². The van der Waals surface area contributed by atoms with Crippen LogP contribution in [0.2, 0.25) is 5.02 Å². The fourth-order valence-corrected chi connectivity index (χ4v) is 4.50. The average Bonchev–Trinajstić information content (AvgIpc) is 2.77. The van der Waals surface area contributed by atoms with Crippen molar-refractivity contribution in [2.75, 3.05) is 7.11 Å². The van der Waals surface area contributed by atoms with Crippen molar-refractivity contribution in [2.45, 2.75) is 36.7 Å². The van der Waals surface area contributed by atoms with Crippen molar-refractivity contribution in [2.24, 2.45) is 0 Å². The molecule has 1 aliphatic rings. The zero-order chi connectivity index (χ0) is 17.3. The van der Waals surface area contributed by atoms with E-state index in [1.165, 1.54) is 23.8 Å². The van der Waals surface area contributed by atoms with Crippen LogP contribution in [0.25, 0.3) is 0 Å². The van der Waals surface area contributed by atoms with Crippen LogP contribution in [-0.4, -0.2) is 36.3 Å². The molecular weight excluding hydrogens is 356 g/mol. The first-order chi connectivity index (χ1) is 11.4. The first kappa shape index (κ1) is 17.0. The molecule has 10 heteroatoms. The highest BCUT2D eigenvalue weighted by atomic mass is 35.5. The maximum atomic E-state index is 12.7. The molecule has 0 amide bonds. The summed E-state index contributed by atoms with van der Waals surface area (Å²) in [6.07, 6.45) is 1.56. The molecule has 0 radical (unpaired) electrons. The van der Waals surface area contributed by atoms with Crippen LogP contribution in [0.1, 0.15) is 18.7 Å². The smallest absolute Gasteiger partial charge is 0.343 e. The number of hydrogen-bond donors (Lipinski definition) is 2. The molecule has 3 rings (SSSR count). The number of rotatable bonds is 4. The van der Waals surface area contributed by atoms with Crippen LogP contribution in [0.4, 0.5) is 0 Å². The van der Waals surface area contributed by atoms with Crippen LogP contribution < -0.4 is 15.1 Å².